The third-order valence-electron chi connectivity index (χ3n) is 3.63. The molecule has 110 valence electrons. The number of benzene rings is 1. The van der Waals surface area contributed by atoms with Crippen molar-refractivity contribution in [3.05, 3.63) is 41.3 Å². The smallest absolute Gasteiger partial charge is 0.257 e. The summed E-state index contributed by atoms with van der Waals surface area (Å²) >= 11 is 0. The number of nitrogens with zero attached hydrogens (tertiary/aromatic N) is 2. The molecule has 1 aromatic heterocycles. The van der Waals surface area contributed by atoms with Crippen molar-refractivity contribution in [2.24, 2.45) is 0 Å². The summed E-state index contributed by atoms with van der Waals surface area (Å²) in [7, 11) is 3.12. The van der Waals surface area contributed by atoms with Gasteiger partial charge in [-0.3, -0.25) is 4.79 Å². The second-order valence-electron chi connectivity index (χ2n) is 4.82. The Balaban J connectivity index is 1.86. The minimum Gasteiger partial charge on any atom is -0.497 e. The Bertz CT molecular complexity index is 665. The molecule has 3 rings (SSSR count). The molecule has 0 unspecified atom stereocenters. The van der Waals surface area contributed by atoms with Crippen molar-refractivity contribution in [2.45, 2.75) is 13.0 Å². The molecule has 0 atom stereocenters. The van der Waals surface area contributed by atoms with Crippen molar-refractivity contribution in [1.82, 2.24) is 10.1 Å². The van der Waals surface area contributed by atoms with Gasteiger partial charge in [0.25, 0.3) is 5.91 Å². The second kappa shape index (κ2) is 5.47. The van der Waals surface area contributed by atoms with Crippen molar-refractivity contribution in [3.8, 4) is 11.5 Å². The predicted molar refractivity (Wildman–Crippen MR) is 74.5 cm³/mol. The highest BCUT2D eigenvalue weighted by Gasteiger charge is 2.26. The third-order valence-corrected chi connectivity index (χ3v) is 3.63. The van der Waals surface area contributed by atoms with Crippen LogP contribution in [0.25, 0.3) is 0 Å². The average Bonchev–Trinajstić information content (AvgIpc) is 3.01. The summed E-state index contributed by atoms with van der Waals surface area (Å²) < 4.78 is 15.6. The zero-order valence-electron chi connectivity index (χ0n) is 12.0. The number of amides is 1. The van der Waals surface area contributed by atoms with Crippen molar-refractivity contribution >= 4 is 5.91 Å². The van der Waals surface area contributed by atoms with Gasteiger partial charge in [0.2, 0.25) is 0 Å². The average molecular weight is 288 g/mol. The minimum absolute atomic E-state index is 0.0682. The fourth-order valence-corrected chi connectivity index (χ4v) is 2.46. The normalized spacial score (nSPS) is 13.7. The summed E-state index contributed by atoms with van der Waals surface area (Å²) in [5.41, 5.74) is 1.49. The zero-order chi connectivity index (χ0) is 14.8. The fourth-order valence-electron chi connectivity index (χ4n) is 2.46. The molecule has 1 aromatic carbocycles. The molecule has 1 amide bonds. The van der Waals surface area contributed by atoms with Gasteiger partial charge in [-0.25, -0.2) is 0 Å². The Kier molecular flexibility index (Phi) is 3.51. The lowest BCUT2D eigenvalue weighted by Crippen LogP contribution is -2.35. The number of ether oxygens (including phenoxy) is 2. The monoisotopic (exact) mass is 288 g/mol. The summed E-state index contributed by atoms with van der Waals surface area (Å²) in [6.45, 7) is 1.11. The van der Waals surface area contributed by atoms with Gasteiger partial charge in [-0.1, -0.05) is 5.16 Å². The van der Waals surface area contributed by atoms with E-state index in [9.17, 15) is 4.79 Å². The van der Waals surface area contributed by atoms with Crippen LogP contribution in [0, 0.1) is 0 Å². The summed E-state index contributed by atoms with van der Waals surface area (Å²) in [6.07, 6.45) is 2.35. The maximum atomic E-state index is 12.7. The highest BCUT2D eigenvalue weighted by molar-refractivity contribution is 5.97. The number of carbonyl (C=O) groups is 1. The van der Waals surface area contributed by atoms with Crippen LogP contribution in [0.1, 0.15) is 21.7 Å². The van der Waals surface area contributed by atoms with Crippen LogP contribution in [0.15, 0.2) is 28.9 Å². The standard InChI is InChI=1S/C15H16N2O4/c1-19-11-3-4-12(14(7-11)20-2)15(18)17-6-5-13-10(9-17)8-16-21-13/h3-4,7-8H,5-6,9H2,1-2H3. The number of fused-ring (bicyclic) bond motifs is 1. The van der Waals surface area contributed by atoms with Gasteiger partial charge in [0, 0.05) is 24.6 Å². The number of hydrogen-bond acceptors (Lipinski definition) is 5. The minimum atomic E-state index is -0.0682. The number of hydrogen-bond donors (Lipinski definition) is 0. The van der Waals surface area contributed by atoms with E-state index in [0.717, 1.165) is 11.3 Å². The molecule has 0 bridgehead atoms. The Hall–Kier alpha value is -2.50. The number of carbonyl (C=O) groups excluding carboxylic acids is 1. The lowest BCUT2D eigenvalue weighted by atomic mass is 10.1. The molecule has 1 aliphatic rings. The van der Waals surface area contributed by atoms with E-state index in [1.165, 1.54) is 0 Å². The molecule has 6 nitrogen and oxygen atoms in total. The predicted octanol–water partition coefficient (Wildman–Crippen LogP) is 1.89. The first-order chi connectivity index (χ1) is 10.2. The van der Waals surface area contributed by atoms with Crippen LogP contribution in [-0.4, -0.2) is 36.7 Å². The molecule has 0 aliphatic carbocycles. The quantitative estimate of drug-likeness (QED) is 0.863. The molecule has 0 radical (unpaired) electrons. The number of aromatic nitrogens is 1. The molecule has 0 saturated carbocycles. The SMILES string of the molecule is COc1ccc(C(=O)N2CCc3oncc3C2)c(OC)c1. The van der Waals surface area contributed by atoms with Gasteiger partial charge < -0.3 is 18.9 Å². The van der Waals surface area contributed by atoms with Gasteiger partial charge in [0.05, 0.1) is 32.5 Å². The first-order valence-electron chi connectivity index (χ1n) is 6.66. The molecule has 2 aromatic rings. The Morgan fingerprint density at radius 2 is 2.19 bits per heavy atom. The molecular formula is C15H16N2O4. The first kappa shape index (κ1) is 13.5. The van der Waals surface area contributed by atoms with E-state index in [1.54, 1.807) is 43.5 Å². The molecule has 2 heterocycles. The number of rotatable bonds is 3. The zero-order valence-corrected chi connectivity index (χ0v) is 12.0. The van der Waals surface area contributed by atoms with E-state index in [1.807, 2.05) is 0 Å². The lowest BCUT2D eigenvalue weighted by molar-refractivity contribution is 0.0725. The highest BCUT2D eigenvalue weighted by Crippen LogP contribution is 2.27. The molecule has 0 N–H and O–H groups in total. The summed E-state index contributed by atoms with van der Waals surface area (Å²) in [6, 6.07) is 5.19. The van der Waals surface area contributed by atoms with E-state index in [-0.39, 0.29) is 5.91 Å². The molecule has 1 aliphatic heterocycles. The van der Waals surface area contributed by atoms with Gasteiger partial charge in [-0.05, 0) is 12.1 Å². The van der Waals surface area contributed by atoms with Crippen molar-refractivity contribution in [1.29, 1.82) is 0 Å². The van der Waals surface area contributed by atoms with Crippen molar-refractivity contribution < 1.29 is 18.8 Å². The summed E-state index contributed by atoms with van der Waals surface area (Å²) in [4.78, 5) is 14.4. The van der Waals surface area contributed by atoms with Crippen molar-refractivity contribution in [2.75, 3.05) is 20.8 Å². The summed E-state index contributed by atoms with van der Waals surface area (Å²) in [5.74, 6) is 1.96. The largest absolute Gasteiger partial charge is 0.497 e. The summed E-state index contributed by atoms with van der Waals surface area (Å²) in [5, 5.41) is 3.77. The topological polar surface area (TPSA) is 64.8 Å². The van der Waals surface area contributed by atoms with E-state index >= 15 is 0 Å². The van der Waals surface area contributed by atoms with Gasteiger partial charge in [-0.2, -0.15) is 0 Å². The Labute approximate surface area is 122 Å². The third kappa shape index (κ3) is 2.44. The molecule has 0 fully saturated rings. The fraction of sp³-hybridized carbons (Fsp3) is 0.333. The van der Waals surface area contributed by atoms with Crippen LogP contribution >= 0.6 is 0 Å². The lowest BCUT2D eigenvalue weighted by Gasteiger charge is -2.26. The van der Waals surface area contributed by atoms with Crippen LogP contribution in [0.2, 0.25) is 0 Å². The first-order valence-corrected chi connectivity index (χ1v) is 6.66. The number of methoxy groups -OCH3 is 2. The van der Waals surface area contributed by atoms with Gasteiger partial charge in [-0.15, -0.1) is 0 Å². The van der Waals surface area contributed by atoms with Gasteiger partial charge in [0.15, 0.2) is 0 Å². The molecule has 6 heteroatoms. The maximum absolute atomic E-state index is 12.7. The molecule has 0 saturated heterocycles. The van der Waals surface area contributed by atoms with Crippen LogP contribution in [0.5, 0.6) is 11.5 Å². The molecule has 21 heavy (non-hydrogen) atoms. The van der Waals surface area contributed by atoms with Gasteiger partial charge in [0.1, 0.15) is 17.3 Å². The van der Waals surface area contributed by atoms with E-state index < -0.39 is 0 Å². The van der Waals surface area contributed by atoms with Crippen LogP contribution < -0.4 is 9.47 Å². The molecule has 0 spiro atoms. The van der Waals surface area contributed by atoms with Crippen molar-refractivity contribution in [3.63, 3.8) is 0 Å². The van der Waals surface area contributed by atoms with Crippen LogP contribution in [0.4, 0.5) is 0 Å². The van der Waals surface area contributed by atoms with E-state index in [4.69, 9.17) is 14.0 Å². The van der Waals surface area contributed by atoms with E-state index in [0.29, 0.717) is 36.6 Å². The van der Waals surface area contributed by atoms with Crippen LogP contribution in [0.3, 0.4) is 0 Å². The second-order valence-corrected chi connectivity index (χ2v) is 4.82. The maximum Gasteiger partial charge on any atom is 0.257 e. The highest BCUT2D eigenvalue weighted by atomic mass is 16.5. The Morgan fingerprint density at radius 3 is 2.95 bits per heavy atom. The van der Waals surface area contributed by atoms with Gasteiger partial charge >= 0.3 is 0 Å². The Morgan fingerprint density at radius 1 is 1.33 bits per heavy atom. The van der Waals surface area contributed by atoms with Crippen LogP contribution in [-0.2, 0) is 13.0 Å². The van der Waals surface area contributed by atoms with E-state index in [2.05, 4.69) is 5.16 Å². The molecular weight excluding hydrogens is 272 g/mol.